The lowest BCUT2D eigenvalue weighted by atomic mass is 10.0. The summed E-state index contributed by atoms with van der Waals surface area (Å²) in [5.41, 5.74) is 7.10. The molecule has 1 heterocycles. The lowest BCUT2D eigenvalue weighted by molar-refractivity contribution is 0.313. The van der Waals surface area contributed by atoms with Gasteiger partial charge in [-0.05, 0) is 18.9 Å². The second-order valence-corrected chi connectivity index (χ2v) is 3.50. The van der Waals surface area contributed by atoms with Gasteiger partial charge in [-0.1, -0.05) is 6.07 Å². The minimum absolute atomic E-state index is 0.0957. The molecule has 0 aliphatic carbocycles. The van der Waals surface area contributed by atoms with Crippen LogP contribution in [0.4, 0.5) is 0 Å². The molecule has 0 radical (unpaired) electrons. The largest absolute Gasteiger partial charge is 0.497 e. The predicted octanol–water partition coefficient (Wildman–Crippen LogP) is 1.87. The number of hydrogen-bond acceptors (Lipinski definition) is 3. The Balaban J connectivity index is 2.38. The minimum Gasteiger partial charge on any atom is -0.497 e. The summed E-state index contributed by atoms with van der Waals surface area (Å²) in [6.45, 7) is 0.744. The van der Waals surface area contributed by atoms with Crippen LogP contribution >= 0.6 is 0 Å². The molecular formula is C11H15NO2. The summed E-state index contributed by atoms with van der Waals surface area (Å²) in [7, 11) is 1.65. The quantitative estimate of drug-likeness (QED) is 0.740. The van der Waals surface area contributed by atoms with Crippen molar-refractivity contribution in [2.75, 3.05) is 13.7 Å². The van der Waals surface area contributed by atoms with Gasteiger partial charge >= 0.3 is 0 Å². The Morgan fingerprint density at radius 1 is 1.50 bits per heavy atom. The van der Waals surface area contributed by atoms with Gasteiger partial charge in [0.05, 0.1) is 13.7 Å². The fraction of sp³-hybridized carbons (Fsp3) is 0.455. The van der Waals surface area contributed by atoms with Crippen LogP contribution in [0.15, 0.2) is 18.2 Å². The topological polar surface area (TPSA) is 44.5 Å². The van der Waals surface area contributed by atoms with Gasteiger partial charge in [-0.25, -0.2) is 0 Å². The summed E-state index contributed by atoms with van der Waals surface area (Å²) < 4.78 is 10.7. The van der Waals surface area contributed by atoms with E-state index in [1.54, 1.807) is 7.11 Å². The van der Waals surface area contributed by atoms with Crippen LogP contribution in [-0.2, 0) is 0 Å². The highest BCUT2D eigenvalue weighted by atomic mass is 16.5. The molecule has 1 unspecified atom stereocenters. The van der Waals surface area contributed by atoms with E-state index in [-0.39, 0.29) is 6.04 Å². The van der Waals surface area contributed by atoms with E-state index in [2.05, 4.69) is 0 Å². The Morgan fingerprint density at radius 3 is 3.14 bits per heavy atom. The van der Waals surface area contributed by atoms with Crippen LogP contribution in [-0.4, -0.2) is 13.7 Å². The Labute approximate surface area is 83.8 Å². The fourth-order valence-electron chi connectivity index (χ4n) is 1.71. The van der Waals surface area contributed by atoms with E-state index < -0.39 is 0 Å². The van der Waals surface area contributed by atoms with Crippen molar-refractivity contribution in [3.8, 4) is 11.5 Å². The van der Waals surface area contributed by atoms with Crippen molar-refractivity contribution in [2.24, 2.45) is 5.73 Å². The monoisotopic (exact) mass is 193 g/mol. The zero-order valence-electron chi connectivity index (χ0n) is 8.32. The van der Waals surface area contributed by atoms with Crippen molar-refractivity contribution in [3.63, 3.8) is 0 Å². The van der Waals surface area contributed by atoms with Crippen LogP contribution < -0.4 is 15.2 Å². The first-order chi connectivity index (χ1) is 6.81. The van der Waals surface area contributed by atoms with E-state index in [0.717, 1.165) is 36.5 Å². The number of benzene rings is 1. The Bertz CT molecular complexity index is 325. The first-order valence-corrected chi connectivity index (χ1v) is 4.87. The smallest absolute Gasteiger partial charge is 0.127 e. The number of rotatable bonds is 1. The molecule has 0 amide bonds. The molecule has 1 aliphatic rings. The molecule has 0 aromatic heterocycles. The van der Waals surface area contributed by atoms with E-state index >= 15 is 0 Å². The maximum absolute atomic E-state index is 6.02. The molecule has 1 aromatic carbocycles. The van der Waals surface area contributed by atoms with Gasteiger partial charge in [0.25, 0.3) is 0 Å². The van der Waals surface area contributed by atoms with Gasteiger partial charge in [-0.3, -0.25) is 0 Å². The molecule has 0 spiro atoms. The molecule has 3 nitrogen and oxygen atoms in total. The highest BCUT2D eigenvalue weighted by Gasteiger charge is 2.16. The van der Waals surface area contributed by atoms with Gasteiger partial charge in [-0.15, -0.1) is 0 Å². The molecule has 1 aromatic rings. The third-order valence-corrected chi connectivity index (χ3v) is 2.54. The summed E-state index contributed by atoms with van der Waals surface area (Å²) in [6, 6.07) is 5.91. The van der Waals surface area contributed by atoms with Gasteiger partial charge in [0.2, 0.25) is 0 Å². The van der Waals surface area contributed by atoms with E-state index in [1.165, 1.54) is 0 Å². The maximum atomic E-state index is 6.02. The lowest BCUT2D eigenvalue weighted by Gasteiger charge is -2.12. The molecule has 0 bridgehead atoms. The molecule has 2 rings (SSSR count). The number of fused-ring (bicyclic) bond motifs is 1. The summed E-state index contributed by atoms with van der Waals surface area (Å²) >= 11 is 0. The van der Waals surface area contributed by atoms with Crippen LogP contribution in [0.3, 0.4) is 0 Å². The van der Waals surface area contributed by atoms with Gasteiger partial charge in [0, 0.05) is 17.7 Å². The molecule has 76 valence electrons. The van der Waals surface area contributed by atoms with Gasteiger partial charge in [0.15, 0.2) is 0 Å². The summed E-state index contributed by atoms with van der Waals surface area (Å²) in [4.78, 5) is 0. The third-order valence-electron chi connectivity index (χ3n) is 2.54. The number of methoxy groups -OCH3 is 1. The van der Waals surface area contributed by atoms with Crippen molar-refractivity contribution in [3.05, 3.63) is 23.8 Å². The molecule has 1 atom stereocenters. The standard InChI is InChI=1S/C11H15NO2/c1-13-8-4-5-9-10(12)3-2-6-14-11(9)7-8/h4-5,7,10H,2-3,6,12H2,1H3. The zero-order chi connectivity index (χ0) is 9.97. The van der Waals surface area contributed by atoms with E-state index in [1.807, 2.05) is 18.2 Å². The predicted molar refractivity (Wildman–Crippen MR) is 54.7 cm³/mol. The Kier molecular flexibility index (Phi) is 2.59. The molecular weight excluding hydrogens is 178 g/mol. The average Bonchev–Trinajstić information content (AvgIpc) is 2.40. The Morgan fingerprint density at radius 2 is 2.36 bits per heavy atom. The molecule has 1 aliphatic heterocycles. The lowest BCUT2D eigenvalue weighted by Crippen LogP contribution is -2.08. The summed E-state index contributed by atoms with van der Waals surface area (Å²) in [5.74, 6) is 1.69. The van der Waals surface area contributed by atoms with Crippen molar-refractivity contribution >= 4 is 0 Å². The molecule has 2 N–H and O–H groups in total. The summed E-state index contributed by atoms with van der Waals surface area (Å²) in [6.07, 6.45) is 2.00. The minimum atomic E-state index is 0.0957. The maximum Gasteiger partial charge on any atom is 0.127 e. The van der Waals surface area contributed by atoms with Crippen LogP contribution in [0, 0.1) is 0 Å². The SMILES string of the molecule is COc1ccc2c(c1)OCCCC2N. The van der Waals surface area contributed by atoms with E-state index in [9.17, 15) is 0 Å². The molecule has 0 saturated heterocycles. The van der Waals surface area contributed by atoms with Crippen LogP contribution in [0.1, 0.15) is 24.4 Å². The second-order valence-electron chi connectivity index (χ2n) is 3.50. The van der Waals surface area contributed by atoms with Crippen molar-refractivity contribution in [1.82, 2.24) is 0 Å². The molecule has 0 saturated carbocycles. The van der Waals surface area contributed by atoms with Crippen molar-refractivity contribution < 1.29 is 9.47 Å². The number of nitrogens with two attached hydrogens (primary N) is 1. The molecule has 0 fully saturated rings. The van der Waals surface area contributed by atoms with Gasteiger partial charge < -0.3 is 15.2 Å². The first kappa shape index (κ1) is 9.34. The third kappa shape index (κ3) is 1.68. The molecule has 14 heavy (non-hydrogen) atoms. The van der Waals surface area contributed by atoms with Crippen molar-refractivity contribution in [2.45, 2.75) is 18.9 Å². The number of hydrogen-bond donors (Lipinski definition) is 1. The highest BCUT2D eigenvalue weighted by Crippen LogP contribution is 2.32. The van der Waals surface area contributed by atoms with Crippen LogP contribution in [0.25, 0.3) is 0 Å². The van der Waals surface area contributed by atoms with Gasteiger partial charge in [0.1, 0.15) is 11.5 Å². The Hall–Kier alpha value is -1.22. The van der Waals surface area contributed by atoms with Crippen LogP contribution in [0.2, 0.25) is 0 Å². The summed E-state index contributed by atoms with van der Waals surface area (Å²) in [5, 5.41) is 0. The average molecular weight is 193 g/mol. The second kappa shape index (κ2) is 3.88. The first-order valence-electron chi connectivity index (χ1n) is 4.87. The normalized spacial score (nSPS) is 20.6. The zero-order valence-corrected chi connectivity index (χ0v) is 8.32. The van der Waals surface area contributed by atoms with Crippen LogP contribution in [0.5, 0.6) is 11.5 Å². The number of ether oxygens (including phenoxy) is 2. The fourth-order valence-corrected chi connectivity index (χ4v) is 1.71. The van der Waals surface area contributed by atoms with Crippen molar-refractivity contribution in [1.29, 1.82) is 0 Å². The highest BCUT2D eigenvalue weighted by molar-refractivity contribution is 5.42. The molecule has 3 heteroatoms. The van der Waals surface area contributed by atoms with E-state index in [4.69, 9.17) is 15.2 Å². The van der Waals surface area contributed by atoms with E-state index in [0.29, 0.717) is 0 Å². The van der Waals surface area contributed by atoms with Gasteiger partial charge in [-0.2, -0.15) is 0 Å².